The van der Waals surface area contributed by atoms with Gasteiger partial charge < -0.3 is 10.2 Å². The topological polar surface area (TPSA) is 58.1 Å². The Labute approximate surface area is 134 Å². The van der Waals surface area contributed by atoms with Gasteiger partial charge in [-0.15, -0.1) is 0 Å². The Balaban J connectivity index is 1.73. The Kier molecular flexibility index (Phi) is 4.80. The van der Waals surface area contributed by atoms with Crippen LogP contribution in [0.2, 0.25) is 0 Å². The second-order valence-electron chi connectivity index (χ2n) is 5.60. The molecule has 3 rings (SSSR count). The molecule has 5 nitrogen and oxygen atoms in total. The van der Waals surface area contributed by atoms with Crippen LogP contribution in [0.5, 0.6) is 0 Å². The summed E-state index contributed by atoms with van der Waals surface area (Å²) in [7, 11) is 0. The number of benzene rings is 1. The van der Waals surface area contributed by atoms with E-state index in [2.05, 4.69) is 20.2 Å². The van der Waals surface area contributed by atoms with E-state index < -0.39 is 0 Å². The first-order chi connectivity index (χ1) is 11.2. The zero-order chi connectivity index (χ0) is 16.1. The summed E-state index contributed by atoms with van der Waals surface area (Å²) in [4.78, 5) is 23.1. The van der Waals surface area contributed by atoms with E-state index in [4.69, 9.17) is 0 Å². The summed E-state index contributed by atoms with van der Waals surface area (Å²) in [5.41, 5.74) is 0.843. The fourth-order valence-corrected chi connectivity index (χ4v) is 2.63. The Hall–Kier alpha value is -2.50. The third kappa shape index (κ3) is 4.03. The van der Waals surface area contributed by atoms with Gasteiger partial charge in [0.1, 0.15) is 11.5 Å². The highest BCUT2D eigenvalue weighted by Gasteiger charge is 2.15. The summed E-state index contributed by atoms with van der Waals surface area (Å²) >= 11 is 0. The number of carbonyl (C=O) groups is 1. The SMILES string of the molecule is O=C(Nc1ccc(F)cc1)c1ccnc(N2CCCCCC2)n1. The maximum absolute atomic E-state index is 12.9. The lowest BCUT2D eigenvalue weighted by Crippen LogP contribution is -2.27. The zero-order valence-corrected chi connectivity index (χ0v) is 12.8. The van der Waals surface area contributed by atoms with E-state index in [1.807, 2.05) is 0 Å². The van der Waals surface area contributed by atoms with Crippen LogP contribution >= 0.6 is 0 Å². The Morgan fingerprint density at radius 3 is 2.43 bits per heavy atom. The second-order valence-corrected chi connectivity index (χ2v) is 5.60. The molecule has 0 atom stereocenters. The van der Waals surface area contributed by atoms with Crippen LogP contribution in [0, 0.1) is 5.82 Å². The molecule has 0 saturated carbocycles. The molecular weight excluding hydrogens is 295 g/mol. The van der Waals surface area contributed by atoms with Crippen molar-refractivity contribution in [3.63, 3.8) is 0 Å². The zero-order valence-electron chi connectivity index (χ0n) is 12.8. The first kappa shape index (κ1) is 15.4. The highest BCUT2D eigenvalue weighted by Crippen LogP contribution is 2.16. The predicted octanol–water partition coefficient (Wildman–Crippen LogP) is 3.25. The third-order valence-electron chi connectivity index (χ3n) is 3.87. The van der Waals surface area contributed by atoms with Crippen molar-refractivity contribution in [2.24, 2.45) is 0 Å². The number of aromatic nitrogens is 2. The molecular formula is C17H19FN4O. The molecule has 23 heavy (non-hydrogen) atoms. The molecule has 6 heteroatoms. The van der Waals surface area contributed by atoms with Gasteiger partial charge in [-0.05, 0) is 43.2 Å². The Morgan fingerprint density at radius 2 is 1.74 bits per heavy atom. The number of nitrogens with zero attached hydrogens (tertiary/aromatic N) is 3. The fraction of sp³-hybridized carbons (Fsp3) is 0.353. The lowest BCUT2D eigenvalue weighted by Gasteiger charge is -2.20. The molecule has 1 fully saturated rings. The summed E-state index contributed by atoms with van der Waals surface area (Å²) < 4.78 is 12.9. The molecule has 1 amide bonds. The van der Waals surface area contributed by atoms with Crippen molar-refractivity contribution in [3.05, 3.63) is 48.0 Å². The molecule has 1 aliphatic heterocycles. The monoisotopic (exact) mass is 314 g/mol. The number of amides is 1. The average molecular weight is 314 g/mol. The first-order valence-electron chi connectivity index (χ1n) is 7.87. The number of hydrogen-bond acceptors (Lipinski definition) is 4. The quantitative estimate of drug-likeness (QED) is 0.945. The highest BCUT2D eigenvalue weighted by atomic mass is 19.1. The van der Waals surface area contributed by atoms with Gasteiger partial charge in [0.05, 0.1) is 0 Å². The first-order valence-corrected chi connectivity index (χ1v) is 7.87. The summed E-state index contributed by atoms with van der Waals surface area (Å²) in [5, 5.41) is 2.71. The standard InChI is InChI=1S/C17H19FN4O/c18-13-5-7-14(8-6-13)20-16(23)15-9-10-19-17(21-15)22-11-3-1-2-4-12-22/h5-10H,1-4,11-12H2,(H,20,23). The van der Waals surface area contributed by atoms with Crippen molar-refractivity contribution in [1.82, 2.24) is 9.97 Å². The van der Waals surface area contributed by atoms with Crippen molar-refractivity contribution in [3.8, 4) is 0 Å². The summed E-state index contributed by atoms with van der Waals surface area (Å²) in [6.07, 6.45) is 6.29. The van der Waals surface area contributed by atoms with Crippen LogP contribution in [0.15, 0.2) is 36.5 Å². The van der Waals surface area contributed by atoms with Gasteiger partial charge in [-0.3, -0.25) is 4.79 Å². The Morgan fingerprint density at radius 1 is 1.04 bits per heavy atom. The molecule has 1 aromatic heterocycles. The number of carbonyl (C=O) groups excluding carboxylic acids is 1. The number of hydrogen-bond donors (Lipinski definition) is 1. The van der Waals surface area contributed by atoms with Crippen molar-refractivity contribution in [1.29, 1.82) is 0 Å². The number of rotatable bonds is 3. The van der Waals surface area contributed by atoms with Gasteiger partial charge in [0.2, 0.25) is 5.95 Å². The van der Waals surface area contributed by atoms with E-state index in [-0.39, 0.29) is 11.7 Å². The molecule has 2 aromatic rings. The fourth-order valence-electron chi connectivity index (χ4n) is 2.63. The van der Waals surface area contributed by atoms with Gasteiger partial charge >= 0.3 is 0 Å². The van der Waals surface area contributed by atoms with Crippen LogP contribution in [0.4, 0.5) is 16.0 Å². The molecule has 0 radical (unpaired) electrons. The second kappa shape index (κ2) is 7.17. The van der Waals surface area contributed by atoms with E-state index >= 15 is 0 Å². The van der Waals surface area contributed by atoms with Crippen LogP contribution in [-0.2, 0) is 0 Å². The number of anilines is 2. The molecule has 2 heterocycles. The van der Waals surface area contributed by atoms with Gasteiger partial charge in [0, 0.05) is 25.0 Å². The van der Waals surface area contributed by atoms with Crippen molar-refractivity contribution >= 4 is 17.5 Å². The highest BCUT2D eigenvalue weighted by molar-refractivity contribution is 6.02. The van der Waals surface area contributed by atoms with Crippen molar-refractivity contribution in [2.45, 2.75) is 25.7 Å². The summed E-state index contributed by atoms with van der Waals surface area (Å²) in [5.74, 6) is -0.0674. The van der Waals surface area contributed by atoms with Crippen molar-refractivity contribution in [2.75, 3.05) is 23.3 Å². The molecule has 1 aliphatic rings. The average Bonchev–Trinajstić information content (AvgIpc) is 2.86. The summed E-state index contributed by atoms with van der Waals surface area (Å²) in [6.45, 7) is 1.84. The van der Waals surface area contributed by atoms with Crippen LogP contribution in [-0.4, -0.2) is 29.0 Å². The van der Waals surface area contributed by atoms with Gasteiger partial charge in [0.25, 0.3) is 5.91 Å². The van der Waals surface area contributed by atoms with E-state index in [0.29, 0.717) is 17.3 Å². The molecule has 0 aliphatic carbocycles. The molecule has 1 saturated heterocycles. The minimum Gasteiger partial charge on any atom is -0.341 e. The predicted molar refractivity (Wildman–Crippen MR) is 87.1 cm³/mol. The molecule has 0 unspecified atom stereocenters. The van der Waals surface area contributed by atoms with Gasteiger partial charge in [-0.1, -0.05) is 12.8 Å². The third-order valence-corrected chi connectivity index (χ3v) is 3.87. The maximum atomic E-state index is 12.9. The largest absolute Gasteiger partial charge is 0.341 e. The van der Waals surface area contributed by atoms with Crippen LogP contribution in [0.3, 0.4) is 0 Å². The smallest absolute Gasteiger partial charge is 0.274 e. The van der Waals surface area contributed by atoms with Crippen LogP contribution in [0.1, 0.15) is 36.2 Å². The van der Waals surface area contributed by atoms with E-state index in [0.717, 1.165) is 25.9 Å². The van der Waals surface area contributed by atoms with Crippen molar-refractivity contribution < 1.29 is 9.18 Å². The molecule has 0 spiro atoms. The number of halogens is 1. The minimum absolute atomic E-state index is 0.309. The van der Waals surface area contributed by atoms with E-state index in [1.54, 1.807) is 12.3 Å². The van der Waals surface area contributed by atoms with Crippen LogP contribution < -0.4 is 10.2 Å². The van der Waals surface area contributed by atoms with Gasteiger partial charge in [-0.2, -0.15) is 0 Å². The van der Waals surface area contributed by atoms with Gasteiger partial charge in [-0.25, -0.2) is 14.4 Å². The molecule has 1 N–H and O–H groups in total. The number of nitrogens with one attached hydrogen (secondary N) is 1. The van der Waals surface area contributed by atoms with Crippen LogP contribution in [0.25, 0.3) is 0 Å². The lowest BCUT2D eigenvalue weighted by molar-refractivity contribution is 0.102. The molecule has 1 aromatic carbocycles. The molecule has 120 valence electrons. The van der Waals surface area contributed by atoms with E-state index in [9.17, 15) is 9.18 Å². The summed E-state index contributed by atoms with van der Waals surface area (Å²) in [6, 6.07) is 7.23. The molecule has 0 bridgehead atoms. The Bertz CT molecular complexity index is 667. The normalized spacial score (nSPS) is 15.1. The van der Waals surface area contributed by atoms with E-state index in [1.165, 1.54) is 37.1 Å². The maximum Gasteiger partial charge on any atom is 0.274 e. The lowest BCUT2D eigenvalue weighted by atomic mass is 10.2. The van der Waals surface area contributed by atoms with Gasteiger partial charge in [0.15, 0.2) is 0 Å². The minimum atomic E-state index is -0.339.